The Morgan fingerprint density at radius 1 is 1.32 bits per heavy atom. The number of benzene rings is 1. The zero-order valence-electron chi connectivity index (χ0n) is 11.7. The highest BCUT2D eigenvalue weighted by atomic mass is 16.5. The summed E-state index contributed by atoms with van der Waals surface area (Å²) in [5.74, 6) is 1.48. The van der Waals surface area contributed by atoms with Gasteiger partial charge in [-0.3, -0.25) is 4.79 Å². The smallest absolute Gasteiger partial charge is 0.209 e. The van der Waals surface area contributed by atoms with Crippen molar-refractivity contribution in [3.63, 3.8) is 0 Å². The van der Waals surface area contributed by atoms with Crippen molar-refractivity contribution in [1.82, 2.24) is 4.90 Å². The number of likely N-dealkylation sites (tertiary alicyclic amines) is 1. The maximum absolute atomic E-state index is 10.7. The fourth-order valence-corrected chi connectivity index (χ4v) is 2.38. The lowest BCUT2D eigenvalue weighted by atomic mass is 9.98. The standard InChI is InChI=1S/C15H22N2O2/c1-16(2)14-5-3-4-6-15(14)19-11-13-7-9-17(12-18)10-8-13/h3-6,12-13H,7-11H2,1-2H3. The van der Waals surface area contributed by atoms with E-state index in [0.29, 0.717) is 5.92 Å². The molecule has 0 radical (unpaired) electrons. The SMILES string of the molecule is CN(C)c1ccccc1OCC1CCN(C=O)CC1. The summed E-state index contributed by atoms with van der Waals surface area (Å²) in [7, 11) is 4.04. The highest BCUT2D eigenvalue weighted by Gasteiger charge is 2.19. The molecule has 4 heteroatoms. The monoisotopic (exact) mass is 262 g/mol. The number of ether oxygens (including phenoxy) is 1. The van der Waals surface area contributed by atoms with Gasteiger partial charge in [-0.15, -0.1) is 0 Å². The molecule has 104 valence electrons. The third-order valence-corrected chi connectivity index (χ3v) is 3.62. The number of rotatable bonds is 5. The molecule has 1 amide bonds. The maximum Gasteiger partial charge on any atom is 0.209 e. The minimum absolute atomic E-state index is 0.548. The number of para-hydroxylation sites is 2. The molecule has 19 heavy (non-hydrogen) atoms. The second-order valence-corrected chi connectivity index (χ2v) is 5.26. The van der Waals surface area contributed by atoms with Gasteiger partial charge in [0, 0.05) is 27.2 Å². The molecule has 0 aromatic heterocycles. The average Bonchev–Trinajstić information content (AvgIpc) is 2.46. The molecule has 0 atom stereocenters. The number of carbonyl (C=O) groups is 1. The Kier molecular flexibility index (Phi) is 4.66. The number of piperidine rings is 1. The lowest BCUT2D eigenvalue weighted by Gasteiger charge is -2.29. The first-order valence-corrected chi connectivity index (χ1v) is 6.79. The first-order valence-electron chi connectivity index (χ1n) is 6.79. The summed E-state index contributed by atoms with van der Waals surface area (Å²) in [5, 5.41) is 0. The van der Waals surface area contributed by atoms with Crippen LogP contribution in [0.2, 0.25) is 0 Å². The Balaban J connectivity index is 1.87. The Bertz CT molecular complexity index is 412. The maximum atomic E-state index is 10.7. The zero-order valence-corrected chi connectivity index (χ0v) is 11.7. The van der Waals surface area contributed by atoms with Gasteiger partial charge in [0.1, 0.15) is 5.75 Å². The van der Waals surface area contributed by atoms with Crippen LogP contribution in [-0.4, -0.2) is 45.1 Å². The molecule has 0 aliphatic carbocycles. The van der Waals surface area contributed by atoms with E-state index in [4.69, 9.17) is 4.74 Å². The highest BCUT2D eigenvalue weighted by molar-refractivity contribution is 5.57. The summed E-state index contributed by atoms with van der Waals surface area (Å²) in [5.41, 5.74) is 1.10. The van der Waals surface area contributed by atoms with Crippen molar-refractivity contribution >= 4 is 12.1 Å². The molecule has 0 saturated carbocycles. The number of nitrogens with zero attached hydrogens (tertiary/aromatic N) is 2. The van der Waals surface area contributed by atoms with Crippen LogP contribution in [0.1, 0.15) is 12.8 Å². The third-order valence-electron chi connectivity index (χ3n) is 3.62. The lowest BCUT2D eigenvalue weighted by molar-refractivity contribution is -0.119. The second-order valence-electron chi connectivity index (χ2n) is 5.26. The van der Waals surface area contributed by atoms with E-state index in [1.54, 1.807) is 0 Å². The van der Waals surface area contributed by atoms with Crippen molar-refractivity contribution in [3.8, 4) is 5.75 Å². The van der Waals surface area contributed by atoms with Gasteiger partial charge in [0.15, 0.2) is 0 Å². The zero-order chi connectivity index (χ0) is 13.7. The first-order chi connectivity index (χ1) is 9.20. The van der Waals surface area contributed by atoms with E-state index in [0.717, 1.165) is 50.4 Å². The highest BCUT2D eigenvalue weighted by Crippen LogP contribution is 2.27. The largest absolute Gasteiger partial charge is 0.491 e. The van der Waals surface area contributed by atoms with Crippen molar-refractivity contribution in [1.29, 1.82) is 0 Å². The second kappa shape index (κ2) is 6.45. The molecule has 1 aliphatic heterocycles. The molecule has 0 N–H and O–H groups in total. The summed E-state index contributed by atoms with van der Waals surface area (Å²) < 4.78 is 5.96. The Labute approximate surface area is 115 Å². The Hall–Kier alpha value is -1.71. The van der Waals surface area contributed by atoms with E-state index in [9.17, 15) is 4.79 Å². The molecule has 1 saturated heterocycles. The van der Waals surface area contributed by atoms with E-state index in [-0.39, 0.29) is 0 Å². The number of amides is 1. The lowest BCUT2D eigenvalue weighted by Crippen LogP contribution is -2.34. The molecule has 0 unspecified atom stereocenters. The molecule has 0 spiro atoms. The predicted octanol–water partition coefficient (Wildman–Crippen LogP) is 2.00. The van der Waals surface area contributed by atoms with E-state index in [2.05, 4.69) is 11.0 Å². The van der Waals surface area contributed by atoms with Gasteiger partial charge < -0.3 is 14.5 Å². The molecule has 1 aliphatic rings. The summed E-state index contributed by atoms with van der Waals surface area (Å²) in [4.78, 5) is 14.6. The van der Waals surface area contributed by atoms with Gasteiger partial charge in [-0.25, -0.2) is 0 Å². The molecule has 1 heterocycles. The van der Waals surface area contributed by atoms with E-state index >= 15 is 0 Å². The first kappa shape index (κ1) is 13.7. The van der Waals surface area contributed by atoms with Crippen LogP contribution in [0.5, 0.6) is 5.75 Å². The van der Waals surface area contributed by atoms with Crippen LogP contribution in [0.4, 0.5) is 5.69 Å². The van der Waals surface area contributed by atoms with Gasteiger partial charge >= 0.3 is 0 Å². The van der Waals surface area contributed by atoms with Crippen LogP contribution in [0.25, 0.3) is 0 Å². The number of anilines is 1. The van der Waals surface area contributed by atoms with Crippen LogP contribution in [-0.2, 0) is 4.79 Å². The summed E-state index contributed by atoms with van der Waals surface area (Å²) in [6.45, 7) is 2.44. The van der Waals surface area contributed by atoms with Gasteiger partial charge in [0.05, 0.1) is 12.3 Å². The number of hydrogen-bond acceptors (Lipinski definition) is 3. The number of carbonyl (C=O) groups excluding carboxylic acids is 1. The van der Waals surface area contributed by atoms with Gasteiger partial charge in [0.2, 0.25) is 6.41 Å². The van der Waals surface area contributed by atoms with Crippen LogP contribution in [0, 0.1) is 5.92 Å². The van der Waals surface area contributed by atoms with Crippen LogP contribution < -0.4 is 9.64 Å². The normalized spacial score (nSPS) is 16.2. The quantitative estimate of drug-likeness (QED) is 0.761. The van der Waals surface area contributed by atoms with E-state index in [1.165, 1.54) is 0 Å². The minimum atomic E-state index is 0.548. The number of hydrogen-bond donors (Lipinski definition) is 0. The molecular weight excluding hydrogens is 240 g/mol. The van der Waals surface area contributed by atoms with Crippen LogP contribution >= 0.6 is 0 Å². The molecule has 4 nitrogen and oxygen atoms in total. The van der Waals surface area contributed by atoms with Gasteiger partial charge in [-0.05, 0) is 30.9 Å². The summed E-state index contributed by atoms with van der Waals surface area (Å²) in [6.07, 6.45) is 3.00. The predicted molar refractivity (Wildman–Crippen MR) is 76.6 cm³/mol. The van der Waals surface area contributed by atoms with Gasteiger partial charge in [-0.2, -0.15) is 0 Å². The Morgan fingerprint density at radius 2 is 2.00 bits per heavy atom. The van der Waals surface area contributed by atoms with Crippen molar-refractivity contribution < 1.29 is 9.53 Å². The molecule has 2 rings (SSSR count). The Morgan fingerprint density at radius 3 is 2.63 bits per heavy atom. The van der Waals surface area contributed by atoms with E-state index < -0.39 is 0 Å². The summed E-state index contributed by atoms with van der Waals surface area (Å²) >= 11 is 0. The average molecular weight is 262 g/mol. The minimum Gasteiger partial charge on any atom is -0.491 e. The summed E-state index contributed by atoms with van der Waals surface area (Å²) in [6, 6.07) is 8.09. The van der Waals surface area contributed by atoms with E-state index in [1.807, 2.05) is 37.2 Å². The fraction of sp³-hybridized carbons (Fsp3) is 0.533. The van der Waals surface area contributed by atoms with Gasteiger partial charge in [0.25, 0.3) is 0 Å². The topological polar surface area (TPSA) is 32.8 Å². The fourth-order valence-electron chi connectivity index (χ4n) is 2.38. The van der Waals surface area contributed by atoms with Crippen molar-refractivity contribution in [2.24, 2.45) is 5.92 Å². The molecule has 1 aromatic rings. The van der Waals surface area contributed by atoms with Gasteiger partial charge in [-0.1, -0.05) is 12.1 Å². The van der Waals surface area contributed by atoms with Crippen molar-refractivity contribution in [2.45, 2.75) is 12.8 Å². The third kappa shape index (κ3) is 3.63. The van der Waals surface area contributed by atoms with Crippen molar-refractivity contribution in [2.75, 3.05) is 38.7 Å². The van der Waals surface area contributed by atoms with Crippen molar-refractivity contribution in [3.05, 3.63) is 24.3 Å². The van der Waals surface area contributed by atoms with Crippen LogP contribution in [0.15, 0.2) is 24.3 Å². The van der Waals surface area contributed by atoms with Crippen LogP contribution in [0.3, 0.4) is 0 Å². The molecule has 1 aromatic carbocycles. The molecule has 1 fully saturated rings. The molecular formula is C15H22N2O2. The molecule has 0 bridgehead atoms.